The summed E-state index contributed by atoms with van der Waals surface area (Å²) in [6.45, 7) is 5.20. The highest BCUT2D eigenvalue weighted by Crippen LogP contribution is 2.19. The Morgan fingerprint density at radius 2 is 2.18 bits per heavy atom. The molecule has 1 aliphatic rings. The SMILES string of the molecule is CC1CCCN(c2ncc(CCCN)cn2)C1. The zero-order valence-electron chi connectivity index (χ0n) is 10.6. The fourth-order valence-corrected chi connectivity index (χ4v) is 2.32. The van der Waals surface area contributed by atoms with Gasteiger partial charge in [-0.3, -0.25) is 0 Å². The van der Waals surface area contributed by atoms with Crippen molar-refractivity contribution in [1.82, 2.24) is 9.97 Å². The van der Waals surface area contributed by atoms with Gasteiger partial charge in [-0.2, -0.15) is 0 Å². The number of hydrogen-bond donors (Lipinski definition) is 1. The molecule has 17 heavy (non-hydrogen) atoms. The number of piperidine rings is 1. The van der Waals surface area contributed by atoms with Crippen molar-refractivity contribution in [2.24, 2.45) is 11.7 Å². The first kappa shape index (κ1) is 12.3. The minimum atomic E-state index is 0.728. The van der Waals surface area contributed by atoms with E-state index < -0.39 is 0 Å². The van der Waals surface area contributed by atoms with Crippen LogP contribution in [0.2, 0.25) is 0 Å². The Hall–Kier alpha value is -1.16. The molecule has 1 unspecified atom stereocenters. The van der Waals surface area contributed by atoms with Gasteiger partial charge in [0.25, 0.3) is 0 Å². The van der Waals surface area contributed by atoms with E-state index in [9.17, 15) is 0 Å². The molecule has 0 spiro atoms. The number of nitrogens with zero attached hydrogens (tertiary/aromatic N) is 3. The van der Waals surface area contributed by atoms with Crippen LogP contribution < -0.4 is 10.6 Å². The number of nitrogens with two attached hydrogens (primary N) is 1. The molecule has 1 aliphatic heterocycles. The van der Waals surface area contributed by atoms with E-state index in [0.29, 0.717) is 0 Å². The van der Waals surface area contributed by atoms with Gasteiger partial charge in [-0.15, -0.1) is 0 Å². The van der Waals surface area contributed by atoms with E-state index in [1.165, 1.54) is 18.4 Å². The summed E-state index contributed by atoms with van der Waals surface area (Å²) in [7, 11) is 0. The van der Waals surface area contributed by atoms with Crippen molar-refractivity contribution in [3.05, 3.63) is 18.0 Å². The minimum absolute atomic E-state index is 0.728. The van der Waals surface area contributed by atoms with Crippen molar-refractivity contribution in [3.8, 4) is 0 Å². The van der Waals surface area contributed by atoms with Gasteiger partial charge in [0.15, 0.2) is 0 Å². The number of rotatable bonds is 4. The lowest BCUT2D eigenvalue weighted by atomic mass is 10.0. The maximum Gasteiger partial charge on any atom is 0.225 e. The molecule has 0 aromatic carbocycles. The Labute approximate surface area is 103 Å². The van der Waals surface area contributed by atoms with Crippen molar-refractivity contribution in [3.63, 3.8) is 0 Å². The Balaban J connectivity index is 1.96. The first-order valence-electron chi connectivity index (χ1n) is 6.55. The molecule has 0 amide bonds. The Kier molecular flexibility index (Phi) is 4.31. The third-order valence-corrected chi connectivity index (χ3v) is 3.30. The predicted octanol–water partition coefficient (Wildman–Crippen LogP) is 1.60. The van der Waals surface area contributed by atoms with E-state index in [-0.39, 0.29) is 0 Å². The number of aromatic nitrogens is 2. The van der Waals surface area contributed by atoms with Crippen LogP contribution in [0.1, 0.15) is 31.7 Å². The second-order valence-corrected chi connectivity index (χ2v) is 4.98. The van der Waals surface area contributed by atoms with Gasteiger partial charge in [0.2, 0.25) is 5.95 Å². The Morgan fingerprint density at radius 3 is 2.82 bits per heavy atom. The Bertz CT molecular complexity index is 336. The van der Waals surface area contributed by atoms with Gasteiger partial charge in [-0.1, -0.05) is 6.92 Å². The summed E-state index contributed by atoms with van der Waals surface area (Å²) in [4.78, 5) is 11.2. The fourth-order valence-electron chi connectivity index (χ4n) is 2.32. The molecule has 4 heteroatoms. The van der Waals surface area contributed by atoms with Crippen LogP contribution in [0.3, 0.4) is 0 Å². The van der Waals surface area contributed by atoms with Crippen LogP contribution in [0, 0.1) is 5.92 Å². The van der Waals surface area contributed by atoms with Crippen LogP contribution in [-0.4, -0.2) is 29.6 Å². The zero-order chi connectivity index (χ0) is 12.1. The molecule has 1 aromatic rings. The van der Waals surface area contributed by atoms with Gasteiger partial charge in [-0.05, 0) is 43.7 Å². The predicted molar refractivity (Wildman–Crippen MR) is 70.0 cm³/mol. The molecule has 1 fully saturated rings. The summed E-state index contributed by atoms with van der Waals surface area (Å²) < 4.78 is 0. The van der Waals surface area contributed by atoms with Gasteiger partial charge >= 0.3 is 0 Å². The highest BCUT2D eigenvalue weighted by molar-refractivity contribution is 5.30. The first-order chi connectivity index (χ1) is 8.29. The first-order valence-corrected chi connectivity index (χ1v) is 6.55. The molecule has 94 valence electrons. The topological polar surface area (TPSA) is 55.0 Å². The summed E-state index contributed by atoms with van der Waals surface area (Å²) in [5.41, 5.74) is 6.67. The molecule has 4 nitrogen and oxygen atoms in total. The number of anilines is 1. The van der Waals surface area contributed by atoms with Gasteiger partial charge in [-0.25, -0.2) is 9.97 Å². The molecule has 0 radical (unpaired) electrons. The zero-order valence-corrected chi connectivity index (χ0v) is 10.6. The third-order valence-electron chi connectivity index (χ3n) is 3.30. The number of aryl methyl sites for hydroxylation is 1. The average molecular weight is 234 g/mol. The maximum atomic E-state index is 5.49. The molecule has 2 N–H and O–H groups in total. The third kappa shape index (κ3) is 3.40. The molecule has 0 bridgehead atoms. The van der Waals surface area contributed by atoms with Crippen LogP contribution in [0.4, 0.5) is 5.95 Å². The normalized spacial score (nSPS) is 20.6. The molecule has 1 atom stereocenters. The molecule has 1 aromatic heterocycles. The summed E-state index contributed by atoms with van der Waals surface area (Å²) in [6, 6.07) is 0. The maximum absolute atomic E-state index is 5.49. The summed E-state index contributed by atoms with van der Waals surface area (Å²) in [6.07, 6.45) is 8.44. The van der Waals surface area contributed by atoms with Crippen LogP contribution in [0.25, 0.3) is 0 Å². The van der Waals surface area contributed by atoms with Crippen LogP contribution in [0.5, 0.6) is 0 Å². The largest absolute Gasteiger partial charge is 0.341 e. The highest BCUT2D eigenvalue weighted by Gasteiger charge is 2.18. The standard InChI is InChI=1S/C13H22N4/c1-11-4-3-7-17(10-11)13-15-8-12(9-16-13)5-2-6-14/h8-9,11H,2-7,10,14H2,1H3. The van der Waals surface area contributed by atoms with Crippen molar-refractivity contribution in [2.45, 2.75) is 32.6 Å². The van der Waals surface area contributed by atoms with E-state index in [0.717, 1.165) is 44.3 Å². The number of hydrogen-bond acceptors (Lipinski definition) is 4. The molecule has 1 saturated heterocycles. The molecule has 2 rings (SSSR count). The monoisotopic (exact) mass is 234 g/mol. The van der Waals surface area contributed by atoms with Gasteiger partial charge in [0, 0.05) is 25.5 Å². The molecular formula is C13H22N4. The lowest BCUT2D eigenvalue weighted by Crippen LogP contribution is -2.35. The second-order valence-electron chi connectivity index (χ2n) is 4.98. The van der Waals surface area contributed by atoms with E-state index in [2.05, 4.69) is 21.8 Å². The lowest BCUT2D eigenvalue weighted by Gasteiger charge is -2.30. The van der Waals surface area contributed by atoms with E-state index in [1.807, 2.05) is 12.4 Å². The van der Waals surface area contributed by atoms with Crippen molar-refractivity contribution >= 4 is 5.95 Å². The van der Waals surface area contributed by atoms with Crippen molar-refractivity contribution in [1.29, 1.82) is 0 Å². The van der Waals surface area contributed by atoms with Crippen LogP contribution >= 0.6 is 0 Å². The summed E-state index contributed by atoms with van der Waals surface area (Å²) in [5, 5.41) is 0. The fraction of sp³-hybridized carbons (Fsp3) is 0.692. The van der Waals surface area contributed by atoms with Gasteiger partial charge < -0.3 is 10.6 Å². The Morgan fingerprint density at radius 1 is 1.41 bits per heavy atom. The molecule has 2 heterocycles. The molecular weight excluding hydrogens is 212 g/mol. The molecule has 0 saturated carbocycles. The second kappa shape index (κ2) is 5.96. The van der Waals surface area contributed by atoms with Gasteiger partial charge in [0.1, 0.15) is 0 Å². The van der Waals surface area contributed by atoms with Crippen LogP contribution in [0.15, 0.2) is 12.4 Å². The van der Waals surface area contributed by atoms with Crippen molar-refractivity contribution in [2.75, 3.05) is 24.5 Å². The van der Waals surface area contributed by atoms with E-state index >= 15 is 0 Å². The van der Waals surface area contributed by atoms with Gasteiger partial charge in [0.05, 0.1) is 0 Å². The average Bonchev–Trinajstić information content (AvgIpc) is 2.37. The quantitative estimate of drug-likeness (QED) is 0.860. The summed E-state index contributed by atoms with van der Waals surface area (Å²) >= 11 is 0. The lowest BCUT2D eigenvalue weighted by molar-refractivity contribution is 0.442. The van der Waals surface area contributed by atoms with E-state index in [1.54, 1.807) is 0 Å². The highest BCUT2D eigenvalue weighted by atomic mass is 15.2. The van der Waals surface area contributed by atoms with Crippen LogP contribution in [-0.2, 0) is 6.42 Å². The van der Waals surface area contributed by atoms with E-state index in [4.69, 9.17) is 5.73 Å². The minimum Gasteiger partial charge on any atom is -0.341 e. The smallest absolute Gasteiger partial charge is 0.225 e. The van der Waals surface area contributed by atoms with Crippen molar-refractivity contribution < 1.29 is 0 Å². The molecule has 0 aliphatic carbocycles. The summed E-state index contributed by atoms with van der Waals surface area (Å²) in [5.74, 6) is 1.64.